The molecular formula is C28H30ClN5O3. The van der Waals surface area contributed by atoms with Crippen LogP contribution < -0.4 is 10.6 Å². The van der Waals surface area contributed by atoms with Crippen molar-refractivity contribution in [2.24, 2.45) is 0 Å². The molecule has 0 unspecified atom stereocenters. The predicted octanol–water partition coefficient (Wildman–Crippen LogP) is 3.51. The zero-order chi connectivity index (χ0) is 26.2. The Hall–Kier alpha value is -3.65. The average Bonchev–Trinajstić information content (AvgIpc) is 3.62. The lowest BCUT2D eigenvalue weighted by molar-refractivity contribution is -0.133. The van der Waals surface area contributed by atoms with Crippen LogP contribution in [0.4, 0.5) is 0 Å². The second-order valence-electron chi connectivity index (χ2n) is 10.1. The molecule has 1 saturated carbocycles. The van der Waals surface area contributed by atoms with E-state index in [2.05, 4.69) is 15.6 Å². The largest absolute Gasteiger partial charge is 0.350 e. The van der Waals surface area contributed by atoms with Crippen LogP contribution >= 0.6 is 11.6 Å². The highest BCUT2D eigenvalue weighted by molar-refractivity contribution is 6.30. The van der Waals surface area contributed by atoms with Gasteiger partial charge in [0.2, 0.25) is 5.91 Å². The van der Waals surface area contributed by atoms with Crippen LogP contribution in [0.15, 0.2) is 54.9 Å². The molecule has 1 atom stereocenters. The summed E-state index contributed by atoms with van der Waals surface area (Å²) in [7, 11) is 0. The summed E-state index contributed by atoms with van der Waals surface area (Å²) < 4.78 is 1.64. The van der Waals surface area contributed by atoms with Gasteiger partial charge in [-0.3, -0.25) is 14.4 Å². The van der Waals surface area contributed by atoms with Gasteiger partial charge in [0, 0.05) is 24.2 Å². The van der Waals surface area contributed by atoms with Gasteiger partial charge in [-0.15, -0.1) is 0 Å². The zero-order valence-electron chi connectivity index (χ0n) is 21.0. The Labute approximate surface area is 221 Å². The fourth-order valence-electron chi connectivity index (χ4n) is 4.86. The van der Waals surface area contributed by atoms with Crippen molar-refractivity contribution in [3.63, 3.8) is 0 Å². The molecule has 2 heterocycles. The van der Waals surface area contributed by atoms with Crippen LogP contribution in [0.1, 0.15) is 57.4 Å². The van der Waals surface area contributed by atoms with Crippen LogP contribution in [-0.2, 0) is 24.3 Å². The first kappa shape index (κ1) is 25.0. The molecule has 1 fully saturated rings. The first-order valence-electron chi connectivity index (χ1n) is 12.5. The highest BCUT2D eigenvalue weighted by atomic mass is 35.5. The molecule has 8 nitrogen and oxygen atoms in total. The first-order chi connectivity index (χ1) is 17.8. The zero-order valence-corrected chi connectivity index (χ0v) is 21.7. The molecule has 0 radical (unpaired) electrons. The molecule has 2 N–H and O–H groups in total. The van der Waals surface area contributed by atoms with Gasteiger partial charge in [0.05, 0.1) is 12.9 Å². The average molecular weight is 520 g/mol. The summed E-state index contributed by atoms with van der Waals surface area (Å²) in [5.41, 5.74) is 2.42. The van der Waals surface area contributed by atoms with Crippen molar-refractivity contribution in [2.75, 3.05) is 6.54 Å². The number of carbonyl (C=O) groups is 3. The van der Waals surface area contributed by atoms with E-state index >= 15 is 0 Å². The number of fused-ring (bicyclic) bond motifs is 1. The monoisotopic (exact) mass is 519 g/mol. The minimum absolute atomic E-state index is 0.0212. The SMILES string of the molecule is Cc1ccc(CNC(=O)[C@]2(C)Cn3cnc(C(=O)NCCc4ccc(Cl)cc4)c3C(=O)N2C2CC2)cc1. The molecule has 0 bridgehead atoms. The number of halogens is 1. The predicted molar refractivity (Wildman–Crippen MR) is 140 cm³/mol. The standard InChI is InChI=1S/C28H30ClN5O3/c1-18-3-5-20(6-4-18)15-31-27(37)28(2)16-33-17-32-23(24(33)26(36)34(28)22-11-12-22)25(35)30-14-13-19-7-9-21(29)10-8-19/h3-10,17,22H,11-16H2,1-2H3,(H,30,35)(H,31,37)/t28-/m0/s1. The third kappa shape index (κ3) is 5.11. The third-order valence-corrected chi connectivity index (χ3v) is 7.32. The lowest BCUT2D eigenvalue weighted by atomic mass is 9.93. The molecule has 192 valence electrons. The van der Waals surface area contributed by atoms with E-state index in [1.807, 2.05) is 55.5 Å². The van der Waals surface area contributed by atoms with Crippen molar-refractivity contribution in [1.29, 1.82) is 0 Å². The van der Waals surface area contributed by atoms with Gasteiger partial charge in [-0.05, 0) is 56.4 Å². The second kappa shape index (κ2) is 10.0. The van der Waals surface area contributed by atoms with E-state index < -0.39 is 11.4 Å². The van der Waals surface area contributed by atoms with Gasteiger partial charge in [0.1, 0.15) is 11.2 Å². The molecule has 1 aromatic heterocycles. The Morgan fingerprint density at radius 2 is 1.73 bits per heavy atom. The number of imidazole rings is 1. The minimum atomic E-state index is -1.08. The number of carbonyl (C=O) groups excluding carboxylic acids is 3. The summed E-state index contributed by atoms with van der Waals surface area (Å²) in [6.45, 7) is 4.81. The highest BCUT2D eigenvalue weighted by Gasteiger charge is 2.53. The van der Waals surface area contributed by atoms with E-state index in [0.717, 1.165) is 29.5 Å². The first-order valence-corrected chi connectivity index (χ1v) is 12.9. The van der Waals surface area contributed by atoms with E-state index in [-0.39, 0.29) is 35.8 Å². The highest BCUT2D eigenvalue weighted by Crippen LogP contribution is 2.38. The van der Waals surface area contributed by atoms with Crippen LogP contribution in [0.5, 0.6) is 0 Å². The smallest absolute Gasteiger partial charge is 0.274 e. The van der Waals surface area contributed by atoms with E-state index in [1.165, 1.54) is 6.33 Å². The number of hydrogen-bond donors (Lipinski definition) is 2. The van der Waals surface area contributed by atoms with Gasteiger partial charge in [-0.2, -0.15) is 0 Å². The molecule has 1 aliphatic carbocycles. The van der Waals surface area contributed by atoms with Gasteiger partial charge >= 0.3 is 0 Å². The number of rotatable bonds is 8. The Morgan fingerprint density at radius 1 is 1.05 bits per heavy atom. The van der Waals surface area contributed by atoms with Crippen molar-refractivity contribution in [1.82, 2.24) is 25.1 Å². The normalized spacial score (nSPS) is 18.9. The number of aryl methyl sites for hydroxylation is 1. The van der Waals surface area contributed by atoms with Gasteiger partial charge in [0.25, 0.3) is 11.8 Å². The summed E-state index contributed by atoms with van der Waals surface area (Å²) in [6.07, 6.45) is 3.78. The summed E-state index contributed by atoms with van der Waals surface area (Å²) in [5, 5.41) is 6.54. The Kier molecular flexibility index (Phi) is 6.77. The second-order valence-corrected chi connectivity index (χ2v) is 10.5. The molecule has 0 spiro atoms. The Bertz CT molecular complexity index is 1330. The molecule has 3 aromatic rings. The van der Waals surface area contributed by atoms with Crippen molar-refractivity contribution in [2.45, 2.75) is 57.8 Å². The number of amides is 3. The molecule has 1 aliphatic heterocycles. The molecule has 0 saturated heterocycles. The summed E-state index contributed by atoms with van der Waals surface area (Å²) >= 11 is 5.93. The maximum absolute atomic E-state index is 13.7. The van der Waals surface area contributed by atoms with Crippen LogP contribution in [0.2, 0.25) is 5.02 Å². The van der Waals surface area contributed by atoms with Crippen LogP contribution in [-0.4, -0.2) is 50.3 Å². The lowest BCUT2D eigenvalue weighted by Gasteiger charge is -2.44. The molecule has 5 rings (SSSR count). The number of nitrogens with zero attached hydrogens (tertiary/aromatic N) is 3. The van der Waals surface area contributed by atoms with Crippen LogP contribution in [0, 0.1) is 6.92 Å². The molecule has 9 heteroatoms. The van der Waals surface area contributed by atoms with Crippen molar-refractivity contribution in [3.05, 3.63) is 88.0 Å². The van der Waals surface area contributed by atoms with E-state index in [4.69, 9.17) is 11.6 Å². The van der Waals surface area contributed by atoms with E-state index in [0.29, 0.717) is 24.5 Å². The van der Waals surface area contributed by atoms with Crippen molar-refractivity contribution in [3.8, 4) is 0 Å². The van der Waals surface area contributed by atoms with Gasteiger partial charge < -0.3 is 20.1 Å². The summed E-state index contributed by atoms with van der Waals surface area (Å²) in [4.78, 5) is 46.1. The summed E-state index contributed by atoms with van der Waals surface area (Å²) in [6, 6.07) is 15.4. The number of aromatic nitrogens is 2. The number of nitrogens with one attached hydrogen (secondary N) is 2. The fraction of sp³-hybridized carbons (Fsp3) is 0.357. The van der Waals surface area contributed by atoms with Crippen LogP contribution in [0.3, 0.4) is 0 Å². The molecular weight excluding hydrogens is 490 g/mol. The number of benzene rings is 2. The van der Waals surface area contributed by atoms with Gasteiger partial charge in [-0.25, -0.2) is 4.98 Å². The molecule has 2 aliphatic rings. The quantitative estimate of drug-likeness (QED) is 0.476. The third-order valence-electron chi connectivity index (χ3n) is 7.07. The Balaban J connectivity index is 1.31. The molecule has 37 heavy (non-hydrogen) atoms. The van der Waals surface area contributed by atoms with Crippen LogP contribution in [0.25, 0.3) is 0 Å². The van der Waals surface area contributed by atoms with Crippen molar-refractivity contribution < 1.29 is 14.4 Å². The van der Waals surface area contributed by atoms with E-state index in [1.54, 1.807) is 16.4 Å². The van der Waals surface area contributed by atoms with Gasteiger partial charge in [0.15, 0.2) is 5.69 Å². The molecule has 3 amide bonds. The maximum Gasteiger partial charge on any atom is 0.274 e. The van der Waals surface area contributed by atoms with E-state index in [9.17, 15) is 14.4 Å². The summed E-state index contributed by atoms with van der Waals surface area (Å²) in [5.74, 6) is -0.956. The van der Waals surface area contributed by atoms with Gasteiger partial charge in [-0.1, -0.05) is 53.6 Å². The maximum atomic E-state index is 13.7. The lowest BCUT2D eigenvalue weighted by Crippen LogP contribution is -2.64. The number of hydrogen-bond acceptors (Lipinski definition) is 4. The van der Waals surface area contributed by atoms with Crippen molar-refractivity contribution >= 4 is 29.3 Å². The molecule has 2 aromatic carbocycles. The topological polar surface area (TPSA) is 96.3 Å². The Morgan fingerprint density at radius 3 is 2.41 bits per heavy atom. The minimum Gasteiger partial charge on any atom is -0.350 e. The fourth-order valence-corrected chi connectivity index (χ4v) is 4.98.